The molecule has 1 aromatic rings. The molecule has 0 saturated heterocycles. The van der Waals surface area contributed by atoms with Crippen molar-refractivity contribution in [2.45, 2.75) is 26.4 Å². The highest BCUT2D eigenvalue weighted by Gasteiger charge is 2.07. The van der Waals surface area contributed by atoms with E-state index in [0.29, 0.717) is 12.7 Å². The van der Waals surface area contributed by atoms with Gasteiger partial charge in [-0.15, -0.1) is 0 Å². The minimum atomic E-state index is 0.311. The second kappa shape index (κ2) is 10.2. The third-order valence-electron chi connectivity index (χ3n) is 2.44. The van der Waals surface area contributed by atoms with Crippen LogP contribution in [0.1, 0.15) is 20.3 Å². The molecular weight excluding hydrogens is 454 g/mol. The van der Waals surface area contributed by atoms with Crippen LogP contribution in [0.2, 0.25) is 0 Å². The van der Waals surface area contributed by atoms with E-state index >= 15 is 0 Å². The minimum absolute atomic E-state index is 0.311. The Morgan fingerprint density at radius 1 is 1.05 bits per heavy atom. The van der Waals surface area contributed by atoms with Crippen LogP contribution in [0.4, 0.5) is 0 Å². The van der Waals surface area contributed by atoms with E-state index in [1.54, 1.807) is 0 Å². The topological polar surface area (TPSA) is 30.5 Å². The lowest BCUT2D eigenvalue weighted by atomic mass is 10.3. The summed E-state index contributed by atoms with van der Waals surface area (Å²) in [7, 11) is 0. The fourth-order valence-corrected chi connectivity index (χ4v) is 4.02. The molecule has 0 radical (unpaired) electrons. The molecule has 20 heavy (non-hydrogen) atoms. The van der Waals surface area contributed by atoms with Gasteiger partial charge in [0.25, 0.3) is 0 Å². The van der Waals surface area contributed by atoms with Gasteiger partial charge in [-0.05, 0) is 70.8 Å². The molecule has 0 aliphatic heterocycles. The van der Waals surface area contributed by atoms with Gasteiger partial charge in [0.2, 0.25) is 0 Å². The van der Waals surface area contributed by atoms with Crippen molar-refractivity contribution in [2.75, 3.05) is 26.3 Å². The standard InChI is InChI=1S/C14H20Br3NO2/c1-10(2)19-6-3-4-18-5-7-20-14-12(16)8-11(15)9-13(14)17/h8-10,18H,3-7H2,1-2H3. The Morgan fingerprint density at radius 3 is 2.30 bits per heavy atom. The largest absolute Gasteiger partial charge is 0.490 e. The molecule has 0 unspecified atom stereocenters. The minimum Gasteiger partial charge on any atom is -0.490 e. The molecule has 6 heteroatoms. The Bertz CT molecular complexity index is 390. The van der Waals surface area contributed by atoms with Crippen molar-refractivity contribution in [3.8, 4) is 5.75 Å². The van der Waals surface area contributed by atoms with Crippen LogP contribution in [0.3, 0.4) is 0 Å². The maximum atomic E-state index is 5.76. The monoisotopic (exact) mass is 471 g/mol. The lowest BCUT2D eigenvalue weighted by Crippen LogP contribution is -2.23. The van der Waals surface area contributed by atoms with Gasteiger partial charge in [0, 0.05) is 17.6 Å². The molecule has 0 bridgehead atoms. The summed E-state index contributed by atoms with van der Waals surface area (Å²) in [5.41, 5.74) is 0. The second-order valence-corrected chi connectivity index (χ2v) is 7.19. The van der Waals surface area contributed by atoms with Gasteiger partial charge < -0.3 is 14.8 Å². The third-order valence-corrected chi connectivity index (χ3v) is 4.07. The zero-order valence-electron chi connectivity index (χ0n) is 11.7. The van der Waals surface area contributed by atoms with Crippen molar-refractivity contribution in [1.82, 2.24) is 5.32 Å². The fourth-order valence-electron chi connectivity index (χ4n) is 1.53. The number of rotatable bonds is 9. The fraction of sp³-hybridized carbons (Fsp3) is 0.571. The third kappa shape index (κ3) is 7.41. The number of halogens is 3. The summed E-state index contributed by atoms with van der Waals surface area (Å²) in [6.45, 7) is 7.29. The van der Waals surface area contributed by atoms with Gasteiger partial charge >= 0.3 is 0 Å². The molecule has 114 valence electrons. The van der Waals surface area contributed by atoms with E-state index < -0.39 is 0 Å². The number of benzene rings is 1. The maximum Gasteiger partial charge on any atom is 0.147 e. The van der Waals surface area contributed by atoms with Crippen molar-refractivity contribution in [1.29, 1.82) is 0 Å². The molecule has 1 N–H and O–H groups in total. The number of hydrogen-bond acceptors (Lipinski definition) is 3. The first-order valence-electron chi connectivity index (χ1n) is 6.60. The van der Waals surface area contributed by atoms with Gasteiger partial charge in [-0.2, -0.15) is 0 Å². The Labute approximate surface area is 146 Å². The number of hydrogen-bond donors (Lipinski definition) is 1. The molecule has 0 fully saturated rings. The quantitative estimate of drug-likeness (QED) is 0.525. The van der Waals surface area contributed by atoms with E-state index in [-0.39, 0.29) is 0 Å². The van der Waals surface area contributed by atoms with E-state index in [1.807, 2.05) is 12.1 Å². The van der Waals surface area contributed by atoms with Gasteiger partial charge in [-0.3, -0.25) is 0 Å². The molecule has 0 aromatic heterocycles. The normalized spacial score (nSPS) is 11.1. The van der Waals surface area contributed by atoms with Crippen LogP contribution in [0, 0.1) is 0 Å². The van der Waals surface area contributed by atoms with Gasteiger partial charge in [0.05, 0.1) is 15.0 Å². The van der Waals surface area contributed by atoms with Crippen LogP contribution in [-0.4, -0.2) is 32.4 Å². The average Bonchev–Trinajstić information content (AvgIpc) is 2.34. The van der Waals surface area contributed by atoms with Crippen LogP contribution < -0.4 is 10.1 Å². The molecule has 0 aliphatic rings. The molecule has 0 spiro atoms. The van der Waals surface area contributed by atoms with E-state index in [0.717, 1.165) is 45.3 Å². The lowest BCUT2D eigenvalue weighted by Gasteiger charge is -2.12. The summed E-state index contributed by atoms with van der Waals surface area (Å²) in [5.74, 6) is 0.832. The van der Waals surface area contributed by atoms with Gasteiger partial charge in [-0.1, -0.05) is 15.9 Å². The molecule has 3 nitrogen and oxygen atoms in total. The summed E-state index contributed by atoms with van der Waals surface area (Å²) >= 11 is 10.4. The first-order valence-corrected chi connectivity index (χ1v) is 8.98. The Kier molecular flexibility index (Phi) is 9.37. The summed E-state index contributed by atoms with van der Waals surface area (Å²) in [5, 5.41) is 3.33. The average molecular weight is 474 g/mol. The summed E-state index contributed by atoms with van der Waals surface area (Å²) in [4.78, 5) is 0. The molecule has 0 aliphatic carbocycles. The number of ether oxygens (including phenoxy) is 2. The highest BCUT2D eigenvalue weighted by Crippen LogP contribution is 2.36. The predicted octanol–water partition coefficient (Wildman–Crippen LogP) is 4.76. The zero-order valence-corrected chi connectivity index (χ0v) is 16.5. The van der Waals surface area contributed by atoms with Crippen molar-refractivity contribution in [2.24, 2.45) is 0 Å². The van der Waals surface area contributed by atoms with Crippen molar-refractivity contribution >= 4 is 47.8 Å². The molecule has 1 aromatic carbocycles. The van der Waals surface area contributed by atoms with Crippen LogP contribution in [0.15, 0.2) is 25.6 Å². The van der Waals surface area contributed by atoms with E-state index in [1.165, 1.54) is 0 Å². The second-order valence-electron chi connectivity index (χ2n) is 4.57. The zero-order chi connectivity index (χ0) is 15.0. The number of nitrogens with one attached hydrogen (secondary N) is 1. The van der Waals surface area contributed by atoms with Crippen LogP contribution in [0.25, 0.3) is 0 Å². The van der Waals surface area contributed by atoms with Crippen LogP contribution in [-0.2, 0) is 4.74 Å². The summed E-state index contributed by atoms with van der Waals surface area (Å²) in [6.07, 6.45) is 1.33. The molecule has 1 rings (SSSR count). The van der Waals surface area contributed by atoms with Gasteiger partial charge in [0.15, 0.2) is 0 Å². The maximum absolute atomic E-state index is 5.76. The molecule has 0 amide bonds. The smallest absolute Gasteiger partial charge is 0.147 e. The first-order chi connectivity index (χ1) is 9.50. The molecule has 0 heterocycles. The van der Waals surface area contributed by atoms with Crippen molar-refractivity contribution in [3.63, 3.8) is 0 Å². The molecule has 0 atom stereocenters. The SMILES string of the molecule is CC(C)OCCCNCCOc1c(Br)cc(Br)cc1Br. The summed E-state index contributed by atoms with van der Waals surface area (Å²) in [6, 6.07) is 3.94. The van der Waals surface area contributed by atoms with E-state index in [4.69, 9.17) is 9.47 Å². The van der Waals surface area contributed by atoms with E-state index in [2.05, 4.69) is 67.0 Å². The van der Waals surface area contributed by atoms with Gasteiger partial charge in [-0.25, -0.2) is 0 Å². The Balaban J connectivity index is 2.16. The molecular formula is C14H20Br3NO2. The molecule has 0 saturated carbocycles. The first kappa shape index (κ1) is 18.4. The highest BCUT2D eigenvalue weighted by molar-refractivity contribution is 9.11. The van der Waals surface area contributed by atoms with Crippen LogP contribution in [0.5, 0.6) is 5.75 Å². The summed E-state index contributed by atoms with van der Waals surface area (Å²) < 4.78 is 14.1. The van der Waals surface area contributed by atoms with E-state index in [9.17, 15) is 0 Å². The Hall–Kier alpha value is 0.380. The van der Waals surface area contributed by atoms with Crippen molar-refractivity contribution < 1.29 is 9.47 Å². The van der Waals surface area contributed by atoms with Crippen LogP contribution >= 0.6 is 47.8 Å². The Morgan fingerprint density at radius 2 is 1.70 bits per heavy atom. The van der Waals surface area contributed by atoms with Gasteiger partial charge in [0.1, 0.15) is 12.4 Å². The van der Waals surface area contributed by atoms with Crippen molar-refractivity contribution in [3.05, 3.63) is 25.6 Å². The lowest BCUT2D eigenvalue weighted by molar-refractivity contribution is 0.0770. The predicted molar refractivity (Wildman–Crippen MR) is 93.6 cm³/mol. The highest BCUT2D eigenvalue weighted by atomic mass is 79.9.